The molecule has 0 heterocycles. The highest BCUT2D eigenvalue weighted by Crippen LogP contribution is 2.40. The van der Waals surface area contributed by atoms with Crippen LogP contribution in [0.5, 0.6) is 0 Å². The number of rotatable bonds is 6. The number of hydrogen-bond acceptors (Lipinski definition) is 5. The molecule has 0 unspecified atom stereocenters. The molecule has 1 aromatic rings. The van der Waals surface area contributed by atoms with Crippen molar-refractivity contribution in [3.63, 3.8) is 0 Å². The smallest absolute Gasteiger partial charge is 0.315 e. The molecular formula is C12H17N3O3. The minimum absolute atomic E-state index is 0.00254. The molecule has 0 bridgehead atoms. The summed E-state index contributed by atoms with van der Waals surface area (Å²) < 4.78 is 0. The van der Waals surface area contributed by atoms with Gasteiger partial charge >= 0.3 is 5.69 Å². The zero-order valence-electron chi connectivity index (χ0n) is 10.3. The van der Waals surface area contributed by atoms with Gasteiger partial charge in [-0.2, -0.15) is 0 Å². The van der Waals surface area contributed by atoms with Crippen molar-refractivity contribution in [1.29, 1.82) is 0 Å². The van der Waals surface area contributed by atoms with Crippen molar-refractivity contribution < 1.29 is 10.0 Å². The van der Waals surface area contributed by atoms with Crippen LogP contribution in [0.3, 0.4) is 0 Å². The highest BCUT2D eigenvalue weighted by atomic mass is 16.6. The summed E-state index contributed by atoms with van der Waals surface area (Å²) in [4.78, 5) is 12.8. The predicted molar refractivity (Wildman–Crippen MR) is 70.1 cm³/mol. The Bertz CT molecular complexity index is 446. The summed E-state index contributed by atoms with van der Waals surface area (Å²) in [6.45, 7) is 0.427. The van der Waals surface area contributed by atoms with E-state index in [9.17, 15) is 10.1 Å². The molecule has 2 rings (SSSR count). The summed E-state index contributed by atoms with van der Waals surface area (Å²) in [5.74, 6) is 0. The monoisotopic (exact) mass is 251 g/mol. The first-order chi connectivity index (χ1) is 8.69. The van der Waals surface area contributed by atoms with Gasteiger partial charge in [-0.3, -0.25) is 10.1 Å². The quantitative estimate of drug-likeness (QED) is 0.593. The highest BCUT2D eigenvalue weighted by Gasteiger charge is 2.33. The molecule has 1 aliphatic carbocycles. The van der Waals surface area contributed by atoms with Crippen molar-refractivity contribution in [1.82, 2.24) is 0 Å². The Balaban J connectivity index is 2.43. The number of hydrogen-bond donors (Lipinski definition) is 2. The first-order valence-corrected chi connectivity index (χ1v) is 6.01. The second-order valence-corrected chi connectivity index (χ2v) is 4.33. The van der Waals surface area contributed by atoms with Crippen LogP contribution in [0.1, 0.15) is 12.8 Å². The molecule has 0 radical (unpaired) electrons. The third-order valence-electron chi connectivity index (χ3n) is 3.10. The molecule has 6 heteroatoms. The molecule has 0 amide bonds. The Hall–Kier alpha value is -1.82. The Labute approximate surface area is 105 Å². The van der Waals surface area contributed by atoms with Crippen LogP contribution in [-0.4, -0.2) is 36.3 Å². The summed E-state index contributed by atoms with van der Waals surface area (Å²) >= 11 is 0. The average Bonchev–Trinajstić information content (AvgIpc) is 3.19. The van der Waals surface area contributed by atoms with E-state index >= 15 is 0 Å². The zero-order chi connectivity index (χ0) is 13.1. The van der Waals surface area contributed by atoms with Crippen molar-refractivity contribution in [3.8, 4) is 0 Å². The number of para-hydroxylation sites is 1. The number of aliphatic hydroxyl groups is 1. The lowest BCUT2D eigenvalue weighted by molar-refractivity contribution is -0.383. The van der Waals surface area contributed by atoms with Crippen LogP contribution in [0.4, 0.5) is 17.1 Å². The van der Waals surface area contributed by atoms with E-state index in [1.807, 2.05) is 4.90 Å². The molecule has 1 saturated carbocycles. The summed E-state index contributed by atoms with van der Waals surface area (Å²) in [6, 6.07) is 5.54. The van der Waals surface area contributed by atoms with Crippen LogP contribution >= 0.6 is 0 Å². The fourth-order valence-electron chi connectivity index (χ4n) is 2.15. The lowest BCUT2D eigenvalue weighted by atomic mass is 10.2. The number of benzene rings is 1. The summed E-state index contributed by atoms with van der Waals surface area (Å²) in [5, 5.41) is 23.2. The number of nitrogens with zero attached hydrogens (tertiary/aromatic N) is 2. The van der Waals surface area contributed by atoms with Crippen LogP contribution in [0.2, 0.25) is 0 Å². The normalized spacial score (nSPS) is 14.3. The largest absolute Gasteiger partial charge is 0.395 e. The van der Waals surface area contributed by atoms with E-state index in [2.05, 4.69) is 5.32 Å². The molecule has 1 fully saturated rings. The van der Waals surface area contributed by atoms with Crippen molar-refractivity contribution in [3.05, 3.63) is 28.3 Å². The van der Waals surface area contributed by atoms with Gasteiger partial charge in [0.25, 0.3) is 0 Å². The van der Waals surface area contributed by atoms with Crippen LogP contribution in [0, 0.1) is 10.1 Å². The van der Waals surface area contributed by atoms with Gasteiger partial charge in [0.15, 0.2) is 0 Å². The summed E-state index contributed by atoms with van der Waals surface area (Å²) in [5.41, 5.74) is 1.17. The molecular weight excluding hydrogens is 234 g/mol. The van der Waals surface area contributed by atoms with Crippen LogP contribution in [0.25, 0.3) is 0 Å². The van der Waals surface area contributed by atoms with Crippen molar-refractivity contribution in [2.75, 3.05) is 30.4 Å². The lowest BCUT2D eigenvalue weighted by Crippen LogP contribution is -2.29. The number of aliphatic hydroxyl groups excluding tert-OH is 1. The summed E-state index contributed by atoms with van der Waals surface area (Å²) in [6.07, 6.45) is 2.06. The molecule has 0 saturated heterocycles. The fourth-order valence-corrected chi connectivity index (χ4v) is 2.15. The maximum absolute atomic E-state index is 11.2. The topological polar surface area (TPSA) is 78.6 Å². The Kier molecular flexibility index (Phi) is 3.66. The predicted octanol–water partition coefficient (Wildman–Crippen LogP) is 1.60. The first kappa shape index (κ1) is 12.6. The van der Waals surface area contributed by atoms with E-state index in [-0.39, 0.29) is 17.2 Å². The van der Waals surface area contributed by atoms with E-state index in [0.29, 0.717) is 24.0 Å². The van der Waals surface area contributed by atoms with Crippen molar-refractivity contribution in [2.45, 2.75) is 18.9 Å². The Morgan fingerprint density at radius 1 is 1.56 bits per heavy atom. The molecule has 0 spiro atoms. The lowest BCUT2D eigenvalue weighted by Gasteiger charge is -2.24. The van der Waals surface area contributed by atoms with Gasteiger partial charge in [0.05, 0.1) is 11.5 Å². The standard InChI is InChI=1S/C12H17N3O3/c1-13-10-3-2-4-11(12(10)15(17)18)14(7-8-16)9-5-6-9/h2-4,9,13,16H,5-8H2,1H3. The Morgan fingerprint density at radius 3 is 2.78 bits per heavy atom. The van der Waals surface area contributed by atoms with E-state index < -0.39 is 0 Å². The molecule has 2 N–H and O–H groups in total. The maximum Gasteiger partial charge on any atom is 0.315 e. The summed E-state index contributed by atoms with van der Waals surface area (Å²) in [7, 11) is 1.67. The molecule has 1 aliphatic rings. The minimum atomic E-state index is -0.367. The molecule has 98 valence electrons. The van der Waals surface area contributed by atoms with Crippen LogP contribution in [-0.2, 0) is 0 Å². The highest BCUT2D eigenvalue weighted by molar-refractivity contribution is 5.77. The first-order valence-electron chi connectivity index (χ1n) is 6.01. The van der Waals surface area contributed by atoms with Gasteiger partial charge in [-0.25, -0.2) is 0 Å². The van der Waals surface area contributed by atoms with Gasteiger partial charge in [-0.15, -0.1) is 0 Å². The second kappa shape index (κ2) is 5.22. The van der Waals surface area contributed by atoms with Crippen molar-refractivity contribution >= 4 is 17.1 Å². The number of nitro benzene ring substituents is 1. The molecule has 18 heavy (non-hydrogen) atoms. The van der Waals surface area contributed by atoms with E-state index in [4.69, 9.17) is 5.11 Å². The van der Waals surface area contributed by atoms with E-state index in [1.165, 1.54) is 0 Å². The van der Waals surface area contributed by atoms with Gasteiger partial charge in [0.2, 0.25) is 0 Å². The van der Waals surface area contributed by atoms with Gasteiger partial charge in [-0.1, -0.05) is 6.07 Å². The van der Waals surface area contributed by atoms with Crippen molar-refractivity contribution in [2.24, 2.45) is 0 Å². The molecule has 6 nitrogen and oxygen atoms in total. The number of nitro groups is 1. The van der Waals surface area contributed by atoms with E-state index in [0.717, 1.165) is 12.8 Å². The molecule has 0 atom stereocenters. The number of nitrogens with one attached hydrogen (secondary N) is 1. The molecule has 0 aromatic heterocycles. The SMILES string of the molecule is CNc1cccc(N(CCO)C2CC2)c1[N+](=O)[O-]. The van der Waals surface area contributed by atoms with Gasteiger partial charge in [0, 0.05) is 19.6 Å². The Morgan fingerprint density at radius 2 is 2.28 bits per heavy atom. The fraction of sp³-hybridized carbons (Fsp3) is 0.500. The molecule has 0 aliphatic heterocycles. The van der Waals surface area contributed by atoms with Gasteiger partial charge in [-0.05, 0) is 25.0 Å². The maximum atomic E-state index is 11.2. The minimum Gasteiger partial charge on any atom is -0.395 e. The third kappa shape index (κ3) is 2.38. The van der Waals surface area contributed by atoms with Gasteiger partial charge < -0.3 is 15.3 Å². The zero-order valence-corrected chi connectivity index (χ0v) is 10.3. The van der Waals surface area contributed by atoms with Gasteiger partial charge in [0.1, 0.15) is 11.4 Å². The third-order valence-corrected chi connectivity index (χ3v) is 3.10. The van der Waals surface area contributed by atoms with Crippen LogP contribution in [0.15, 0.2) is 18.2 Å². The second-order valence-electron chi connectivity index (χ2n) is 4.33. The van der Waals surface area contributed by atoms with Crippen LogP contribution < -0.4 is 10.2 Å². The van der Waals surface area contributed by atoms with E-state index in [1.54, 1.807) is 25.2 Å². The number of anilines is 2. The molecule has 1 aromatic carbocycles. The average molecular weight is 251 g/mol.